The molecular weight excluding hydrogens is 330 g/mol. The number of carbonyl (C=O) groups is 2. The average Bonchev–Trinajstić information content (AvgIpc) is 2.69. The van der Waals surface area contributed by atoms with Crippen LogP contribution >= 0.6 is 0 Å². The predicted octanol–water partition coefficient (Wildman–Crippen LogP) is 1.33. The molecule has 0 saturated carbocycles. The van der Waals surface area contributed by atoms with E-state index in [0.29, 0.717) is 44.1 Å². The summed E-state index contributed by atoms with van der Waals surface area (Å²) in [5.74, 6) is 0.597. The zero-order valence-corrected chi connectivity index (χ0v) is 14.8. The second-order valence-corrected chi connectivity index (χ2v) is 6.36. The van der Waals surface area contributed by atoms with Gasteiger partial charge in [0.2, 0.25) is 11.9 Å². The number of carbonyl (C=O) groups excluding carboxylic acids is 2. The molecule has 0 bridgehead atoms. The van der Waals surface area contributed by atoms with Crippen molar-refractivity contribution in [1.82, 2.24) is 20.2 Å². The van der Waals surface area contributed by atoms with Crippen molar-refractivity contribution in [1.29, 1.82) is 0 Å². The number of nitrogens with zero attached hydrogens (tertiary/aromatic N) is 4. The molecule has 2 amide bonds. The Balaban J connectivity index is 1.46. The normalized spacial score (nSPS) is 15.4. The number of hydrogen-bond acceptors (Lipinski definition) is 5. The third kappa shape index (κ3) is 4.56. The maximum Gasteiger partial charge on any atom is 0.251 e. The highest BCUT2D eigenvalue weighted by Gasteiger charge is 2.24. The van der Waals surface area contributed by atoms with Crippen molar-refractivity contribution in [2.45, 2.75) is 19.4 Å². The molecule has 0 aliphatic carbocycles. The van der Waals surface area contributed by atoms with Crippen LogP contribution in [-0.4, -0.2) is 58.9 Å². The monoisotopic (exact) mass is 353 g/mol. The summed E-state index contributed by atoms with van der Waals surface area (Å²) >= 11 is 0. The van der Waals surface area contributed by atoms with E-state index in [1.54, 1.807) is 30.6 Å². The van der Waals surface area contributed by atoms with Gasteiger partial charge < -0.3 is 15.1 Å². The van der Waals surface area contributed by atoms with Gasteiger partial charge in [-0.1, -0.05) is 18.2 Å². The van der Waals surface area contributed by atoms with Crippen molar-refractivity contribution in [3.05, 3.63) is 54.4 Å². The lowest BCUT2D eigenvalue weighted by Crippen LogP contribution is -2.50. The van der Waals surface area contributed by atoms with Gasteiger partial charge >= 0.3 is 0 Å². The Kier molecular flexibility index (Phi) is 5.78. The molecule has 0 radical (unpaired) electrons. The van der Waals surface area contributed by atoms with Crippen molar-refractivity contribution in [2.24, 2.45) is 0 Å². The first kappa shape index (κ1) is 17.8. The van der Waals surface area contributed by atoms with Crippen LogP contribution < -0.4 is 10.2 Å². The smallest absolute Gasteiger partial charge is 0.251 e. The largest absolute Gasteiger partial charge is 0.349 e. The van der Waals surface area contributed by atoms with Gasteiger partial charge in [-0.2, -0.15) is 0 Å². The molecule has 1 N–H and O–H groups in total. The Labute approximate surface area is 153 Å². The second kappa shape index (κ2) is 8.42. The highest BCUT2D eigenvalue weighted by molar-refractivity contribution is 5.94. The third-order valence-electron chi connectivity index (χ3n) is 4.36. The van der Waals surface area contributed by atoms with E-state index in [2.05, 4.69) is 20.2 Å². The summed E-state index contributed by atoms with van der Waals surface area (Å²) in [5.41, 5.74) is 0.600. The minimum atomic E-state index is -0.217. The molecule has 0 unspecified atom stereocenters. The van der Waals surface area contributed by atoms with Gasteiger partial charge in [-0.25, -0.2) is 9.97 Å². The van der Waals surface area contributed by atoms with Crippen molar-refractivity contribution in [2.75, 3.05) is 31.1 Å². The minimum absolute atomic E-state index is 0.0551. The third-order valence-corrected chi connectivity index (χ3v) is 4.36. The number of anilines is 1. The summed E-state index contributed by atoms with van der Waals surface area (Å²) in [6.45, 7) is 4.54. The minimum Gasteiger partial charge on any atom is -0.349 e. The Bertz CT molecular complexity index is 730. The van der Waals surface area contributed by atoms with Crippen LogP contribution in [0.5, 0.6) is 0 Å². The lowest BCUT2D eigenvalue weighted by Gasteiger charge is -2.35. The van der Waals surface area contributed by atoms with Crippen molar-refractivity contribution in [3.8, 4) is 0 Å². The molecule has 1 aromatic heterocycles. The van der Waals surface area contributed by atoms with Crippen LogP contribution in [0.15, 0.2) is 48.8 Å². The zero-order chi connectivity index (χ0) is 18.4. The van der Waals surface area contributed by atoms with E-state index in [4.69, 9.17) is 0 Å². The Morgan fingerprint density at radius 3 is 2.35 bits per heavy atom. The average molecular weight is 353 g/mol. The quantitative estimate of drug-likeness (QED) is 0.877. The summed E-state index contributed by atoms with van der Waals surface area (Å²) < 4.78 is 0. The number of benzene rings is 1. The van der Waals surface area contributed by atoms with Gasteiger partial charge in [-0.3, -0.25) is 9.59 Å². The molecule has 3 rings (SSSR count). The molecule has 136 valence electrons. The van der Waals surface area contributed by atoms with E-state index >= 15 is 0 Å². The van der Waals surface area contributed by atoms with Crippen molar-refractivity contribution in [3.63, 3.8) is 0 Å². The Hall–Kier alpha value is -2.96. The molecule has 1 aliphatic rings. The molecule has 7 nitrogen and oxygen atoms in total. The lowest BCUT2D eigenvalue weighted by molar-refractivity contribution is -0.131. The van der Waals surface area contributed by atoms with E-state index in [1.165, 1.54) is 0 Å². The Morgan fingerprint density at radius 2 is 1.69 bits per heavy atom. The molecule has 2 heterocycles. The molecule has 26 heavy (non-hydrogen) atoms. The number of amides is 2. The number of piperazine rings is 1. The summed E-state index contributed by atoms with van der Waals surface area (Å²) in [4.78, 5) is 37.1. The maximum absolute atomic E-state index is 12.5. The summed E-state index contributed by atoms with van der Waals surface area (Å²) in [6, 6.07) is 10.6. The highest BCUT2D eigenvalue weighted by Crippen LogP contribution is 2.11. The summed E-state index contributed by atoms with van der Waals surface area (Å²) in [6.07, 6.45) is 3.73. The van der Waals surface area contributed by atoms with Crippen LogP contribution in [0.3, 0.4) is 0 Å². The topological polar surface area (TPSA) is 78.4 Å². The van der Waals surface area contributed by atoms with E-state index in [0.717, 1.165) is 0 Å². The van der Waals surface area contributed by atoms with E-state index in [9.17, 15) is 9.59 Å². The fourth-order valence-electron chi connectivity index (χ4n) is 2.95. The Morgan fingerprint density at radius 1 is 1.04 bits per heavy atom. The van der Waals surface area contributed by atoms with Gasteiger partial charge in [-0.15, -0.1) is 0 Å². The molecule has 1 aromatic carbocycles. The summed E-state index contributed by atoms with van der Waals surface area (Å²) in [5, 5.41) is 2.88. The second-order valence-electron chi connectivity index (χ2n) is 6.36. The maximum atomic E-state index is 12.5. The molecule has 7 heteroatoms. The fourth-order valence-corrected chi connectivity index (χ4v) is 2.95. The number of aromatic nitrogens is 2. The first-order valence-corrected chi connectivity index (χ1v) is 8.79. The number of rotatable bonds is 5. The van der Waals surface area contributed by atoms with Crippen LogP contribution in [0.25, 0.3) is 0 Å². The molecule has 2 aromatic rings. The fraction of sp³-hybridized carbons (Fsp3) is 0.368. The molecule has 0 spiro atoms. The van der Waals surface area contributed by atoms with Gasteiger partial charge in [-0.05, 0) is 25.1 Å². The van der Waals surface area contributed by atoms with E-state index in [1.807, 2.05) is 30.0 Å². The van der Waals surface area contributed by atoms with Gasteiger partial charge in [0.25, 0.3) is 5.91 Å². The molecule has 1 atom stereocenters. The van der Waals surface area contributed by atoms with Crippen LogP contribution in [0.1, 0.15) is 23.7 Å². The lowest BCUT2D eigenvalue weighted by atomic mass is 10.1. The van der Waals surface area contributed by atoms with E-state index < -0.39 is 0 Å². The van der Waals surface area contributed by atoms with Crippen LogP contribution in [-0.2, 0) is 4.79 Å². The molecule has 1 saturated heterocycles. The standard InChI is InChI=1S/C19H23N5O2/c1-15(22-18(26)16-6-3-2-4-7-16)14-17(25)23-10-12-24(13-11-23)19-20-8-5-9-21-19/h2-9,15H,10-14H2,1H3,(H,22,26)/t15-/m1/s1. The number of nitrogens with one attached hydrogen (secondary N) is 1. The van der Waals surface area contributed by atoms with Gasteiger partial charge in [0.05, 0.1) is 0 Å². The van der Waals surface area contributed by atoms with Crippen LogP contribution in [0.2, 0.25) is 0 Å². The molecular formula is C19H23N5O2. The predicted molar refractivity (Wildman–Crippen MR) is 98.8 cm³/mol. The highest BCUT2D eigenvalue weighted by atomic mass is 16.2. The van der Waals surface area contributed by atoms with Crippen LogP contribution in [0.4, 0.5) is 5.95 Å². The van der Waals surface area contributed by atoms with Crippen molar-refractivity contribution >= 4 is 17.8 Å². The first-order chi connectivity index (χ1) is 12.6. The SMILES string of the molecule is C[C@H](CC(=O)N1CCN(c2ncccn2)CC1)NC(=O)c1ccccc1. The molecule has 1 fully saturated rings. The number of hydrogen-bond donors (Lipinski definition) is 1. The van der Waals surface area contributed by atoms with Crippen LogP contribution in [0, 0.1) is 0 Å². The summed E-state index contributed by atoms with van der Waals surface area (Å²) in [7, 11) is 0. The van der Waals surface area contributed by atoms with Gasteiger partial charge in [0, 0.05) is 56.6 Å². The van der Waals surface area contributed by atoms with E-state index in [-0.39, 0.29) is 17.9 Å². The first-order valence-electron chi connectivity index (χ1n) is 8.79. The van der Waals surface area contributed by atoms with Gasteiger partial charge in [0.15, 0.2) is 0 Å². The molecule has 1 aliphatic heterocycles. The van der Waals surface area contributed by atoms with Crippen molar-refractivity contribution < 1.29 is 9.59 Å². The zero-order valence-electron chi connectivity index (χ0n) is 14.8. The van der Waals surface area contributed by atoms with Gasteiger partial charge in [0.1, 0.15) is 0 Å².